The van der Waals surface area contributed by atoms with Gasteiger partial charge in [0, 0.05) is 43.5 Å². The molecule has 2 aromatic heterocycles. The molecule has 4 heterocycles. The summed E-state index contributed by atoms with van der Waals surface area (Å²) in [6, 6.07) is 9.29. The van der Waals surface area contributed by atoms with E-state index in [2.05, 4.69) is 15.5 Å². The van der Waals surface area contributed by atoms with Gasteiger partial charge in [-0.05, 0) is 69.0 Å². The van der Waals surface area contributed by atoms with Crippen molar-refractivity contribution in [2.45, 2.75) is 44.3 Å². The SMILES string of the molecule is COc1cc2c(cc1C(=O)NCCCN1CCC(F)CC1)sc1nc(-c3ccc(C4CCCN4)cc3F)cn12.Cl.Cl. The largest absolute Gasteiger partial charge is 0.496 e. The summed E-state index contributed by atoms with van der Waals surface area (Å²) in [5.41, 5.74) is 3.33. The summed E-state index contributed by atoms with van der Waals surface area (Å²) < 4.78 is 36.8. The Bertz CT molecular complexity index is 1500. The second-order valence-corrected chi connectivity index (χ2v) is 11.4. The van der Waals surface area contributed by atoms with Crippen LogP contribution in [0.1, 0.15) is 54.1 Å². The lowest BCUT2D eigenvalue weighted by Crippen LogP contribution is -2.36. The van der Waals surface area contributed by atoms with Crippen molar-refractivity contribution in [3.63, 3.8) is 0 Å². The molecule has 2 saturated heterocycles. The van der Waals surface area contributed by atoms with Crippen molar-refractivity contribution < 1.29 is 18.3 Å². The van der Waals surface area contributed by atoms with Crippen molar-refractivity contribution in [2.24, 2.45) is 0 Å². The zero-order chi connectivity index (χ0) is 26.9. The van der Waals surface area contributed by atoms with E-state index in [1.165, 1.54) is 11.3 Å². The zero-order valence-electron chi connectivity index (χ0n) is 22.8. The molecule has 1 amide bonds. The molecule has 0 aliphatic carbocycles. The molecule has 0 saturated carbocycles. The molecule has 2 aromatic carbocycles. The van der Waals surface area contributed by atoms with Gasteiger partial charge in [-0.1, -0.05) is 17.4 Å². The number of nitrogens with zero attached hydrogens (tertiary/aromatic N) is 3. The zero-order valence-corrected chi connectivity index (χ0v) is 25.3. The van der Waals surface area contributed by atoms with Crippen LogP contribution in [-0.2, 0) is 0 Å². The third-order valence-corrected chi connectivity index (χ3v) is 8.86. The Labute approximate surface area is 254 Å². The number of hydrogen-bond acceptors (Lipinski definition) is 6. The van der Waals surface area contributed by atoms with Gasteiger partial charge in [-0.3, -0.25) is 9.20 Å². The van der Waals surface area contributed by atoms with Crippen molar-refractivity contribution in [1.82, 2.24) is 24.9 Å². The van der Waals surface area contributed by atoms with E-state index in [0.717, 1.165) is 66.2 Å². The van der Waals surface area contributed by atoms with Crippen LogP contribution >= 0.6 is 36.2 Å². The quantitative estimate of drug-likeness (QED) is 0.229. The van der Waals surface area contributed by atoms with E-state index in [0.29, 0.717) is 42.0 Å². The Morgan fingerprint density at radius 3 is 2.71 bits per heavy atom. The smallest absolute Gasteiger partial charge is 0.255 e. The number of imidazole rings is 1. The Kier molecular flexibility index (Phi) is 10.5. The van der Waals surface area contributed by atoms with Gasteiger partial charge in [0.2, 0.25) is 0 Å². The molecule has 41 heavy (non-hydrogen) atoms. The van der Waals surface area contributed by atoms with Gasteiger partial charge in [0.15, 0.2) is 4.96 Å². The van der Waals surface area contributed by atoms with E-state index < -0.39 is 6.17 Å². The van der Waals surface area contributed by atoms with E-state index in [1.54, 1.807) is 13.2 Å². The van der Waals surface area contributed by atoms with Crippen LogP contribution < -0.4 is 15.4 Å². The van der Waals surface area contributed by atoms with E-state index >= 15 is 4.39 Å². The molecule has 2 aliphatic rings. The molecule has 2 aliphatic heterocycles. The molecular weight excluding hydrogens is 591 g/mol. The number of fused-ring (bicyclic) bond motifs is 3. The third-order valence-electron chi connectivity index (χ3n) is 7.85. The second kappa shape index (κ2) is 13.6. The molecule has 4 aromatic rings. The van der Waals surface area contributed by atoms with Gasteiger partial charge < -0.3 is 20.3 Å². The summed E-state index contributed by atoms with van der Waals surface area (Å²) in [6.45, 7) is 3.89. The highest BCUT2D eigenvalue weighted by molar-refractivity contribution is 7.23. The number of aromatic nitrogens is 2. The number of rotatable bonds is 8. The first-order valence-electron chi connectivity index (χ1n) is 13.7. The number of carbonyl (C=O) groups is 1. The number of halogens is 4. The highest BCUT2D eigenvalue weighted by Crippen LogP contribution is 2.35. The van der Waals surface area contributed by atoms with Gasteiger partial charge in [-0.25, -0.2) is 13.8 Å². The van der Waals surface area contributed by atoms with Crippen LogP contribution in [0.15, 0.2) is 36.5 Å². The highest BCUT2D eigenvalue weighted by atomic mass is 35.5. The monoisotopic (exact) mass is 625 g/mol. The fourth-order valence-corrected chi connectivity index (χ4v) is 6.68. The second-order valence-electron chi connectivity index (χ2n) is 10.4. The van der Waals surface area contributed by atoms with Gasteiger partial charge in [-0.15, -0.1) is 24.8 Å². The first-order chi connectivity index (χ1) is 19.0. The molecule has 6 rings (SSSR count). The number of methoxy groups -OCH3 is 1. The predicted octanol–water partition coefficient (Wildman–Crippen LogP) is 6.19. The number of ether oxygens (including phenoxy) is 1. The van der Waals surface area contributed by atoms with Gasteiger partial charge >= 0.3 is 0 Å². The maximum atomic E-state index is 15.1. The molecular formula is C29H35Cl2F2N5O2S. The Morgan fingerprint density at radius 2 is 2.00 bits per heavy atom. The first-order valence-corrected chi connectivity index (χ1v) is 14.5. The minimum absolute atomic E-state index is 0. The number of alkyl halides is 1. The molecule has 0 bridgehead atoms. The fraction of sp³-hybridized carbons (Fsp3) is 0.448. The van der Waals surface area contributed by atoms with Crippen LogP contribution in [0.5, 0.6) is 5.75 Å². The van der Waals surface area contributed by atoms with Crippen molar-refractivity contribution in [3.8, 4) is 17.0 Å². The van der Waals surface area contributed by atoms with E-state index in [4.69, 9.17) is 9.72 Å². The Hall–Kier alpha value is -2.50. The van der Waals surface area contributed by atoms with Crippen LogP contribution in [0.4, 0.5) is 8.78 Å². The number of amides is 1. The van der Waals surface area contributed by atoms with Crippen LogP contribution in [-0.4, -0.2) is 66.2 Å². The average molecular weight is 627 g/mol. The third kappa shape index (κ3) is 6.62. The van der Waals surface area contributed by atoms with E-state index in [1.807, 2.05) is 34.9 Å². The normalized spacial score (nSPS) is 17.9. The molecule has 0 spiro atoms. The summed E-state index contributed by atoms with van der Waals surface area (Å²) in [4.78, 5) is 20.7. The molecule has 1 unspecified atom stereocenters. The Morgan fingerprint density at radius 1 is 1.20 bits per heavy atom. The summed E-state index contributed by atoms with van der Waals surface area (Å²) >= 11 is 1.45. The van der Waals surface area contributed by atoms with Crippen molar-refractivity contribution in [3.05, 3.63) is 53.5 Å². The lowest BCUT2D eigenvalue weighted by Gasteiger charge is -2.28. The van der Waals surface area contributed by atoms with Crippen molar-refractivity contribution in [1.29, 1.82) is 0 Å². The van der Waals surface area contributed by atoms with Gasteiger partial charge in [0.25, 0.3) is 5.91 Å². The minimum Gasteiger partial charge on any atom is -0.496 e. The summed E-state index contributed by atoms with van der Waals surface area (Å²) in [5, 5.41) is 6.40. The number of thiazole rings is 1. The van der Waals surface area contributed by atoms with Crippen LogP contribution in [0.3, 0.4) is 0 Å². The van der Waals surface area contributed by atoms with Crippen molar-refractivity contribution >= 4 is 57.2 Å². The number of benzene rings is 2. The maximum Gasteiger partial charge on any atom is 0.255 e. The van der Waals surface area contributed by atoms with Gasteiger partial charge in [0.05, 0.1) is 28.6 Å². The highest BCUT2D eigenvalue weighted by Gasteiger charge is 2.21. The average Bonchev–Trinajstić information content (AvgIpc) is 3.68. The first kappa shape index (κ1) is 31.4. The number of piperidine rings is 1. The molecule has 2 N–H and O–H groups in total. The van der Waals surface area contributed by atoms with Crippen LogP contribution in [0, 0.1) is 5.82 Å². The molecule has 12 heteroatoms. The van der Waals surface area contributed by atoms with E-state index in [-0.39, 0.29) is 42.6 Å². The number of likely N-dealkylation sites (tertiary alicyclic amines) is 1. The van der Waals surface area contributed by atoms with Gasteiger partial charge in [0.1, 0.15) is 17.7 Å². The topological polar surface area (TPSA) is 70.9 Å². The fourth-order valence-electron chi connectivity index (χ4n) is 5.65. The summed E-state index contributed by atoms with van der Waals surface area (Å²) in [5.74, 6) is 0.00103. The van der Waals surface area contributed by atoms with Crippen LogP contribution in [0.2, 0.25) is 0 Å². The van der Waals surface area contributed by atoms with E-state index in [9.17, 15) is 9.18 Å². The van der Waals surface area contributed by atoms with Crippen molar-refractivity contribution in [2.75, 3.05) is 39.8 Å². The standard InChI is InChI=1S/C29H33F2N5O2S.2ClH/c1-38-26-16-25-27(15-21(26)28(37)33-10-3-11-35-12-7-19(30)8-13-35)39-29-34-24(17-36(25)29)20-6-5-18(14-22(20)31)23-4-2-9-32-23;;/h5-6,14-17,19,23,32H,2-4,7-13H2,1H3,(H,33,37);2*1H. The molecule has 222 valence electrons. The lowest BCUT2D eigenvalue weighted by atomic mass is 10.0. The summed E-state index contributed by atoms with van der Waals surface area (Å²) in [6.07, 6.45) is 5.27. The number of nitrogens with one attached hydrogen (secondary N) is 2. The predicted molar refractivity (Wildman–Crippen MR) is 165 cm³/mol. The lowest BCUT2D eigenvalue weighted by molar-refractivity contribution is 0.0947. The minimum atomic E-state index is -0.679. The molecule has 7 nitrogen and oxygen atoms in total. The molecule has 2 fully saturated rings. The molecule has 1 atom stereocenters. The number of hydrogen-bond donors (Lipinski definition) is 2. The summed E-state index contributed by atoms with van der Waals surface area (Å²) in [7, 11) is 1.55. The molecule has 0 radical (unpaired) electrons. The Balaban J connectivity index is 0.00000194. The maximum absolute atomic E-state index is 15.1. The van der Waals surface area contributed by atoms with Crippen LogP contribution in [0.25, 0.3) is 26.4 Å². The van der Waals surface area contributed by atoms with Gasteiger partial charge in [-0.2, -0.15) is 0 Å². The number of carbonyl (C=O) groups excluding carboxylic acids is 1.